The lowest BCUT2D eigenvalue weighted by atomic mass is 9.86. The number of aryl methyl sites for hydroxylation is 1. The van der Waals surface area contributed by atoms with Gasteiger partial charge in [0.05, 0.1) is 11.2 Å². The average Bonchev–Trinajstić information content (AvgIpc) is 2.77. The average molecular weight is 309 g/mol. The fraction of sp³-hybridized carbons (Fsp3) is 0.727. The van der Waals surface area contributed by atoms with Gasteiger partial charge in [0.25, 0.3) is 10.0 Å². The maximum atomic E-state index is 12.2. The Morgan fingerprint density at radius 1 is 1.50 bits per heavy atom. The van der Waals surface area contributed by atoms with E-state index in [9.17, 15) is 8.42 Å². The van der Waals surface area contributed by atoms with E-state index in [1.807, 2.05) is 0 Å². The zero-order chi connectivity index (χ0) is 13.2. The Balaban J connectivity index is 2.12. The van der Waals surface area contributed by atoms with Gasteiger partial charge in [-0.25, -0.2) is 18.1 Å². The minimum atomic E-state index is -3.43. The minimum absolute atomic E-state index is 0.0383. The van der Waals surface area contributed by atoms with Gasteiger partial charge in [-0.15, -0.1) is 22.9 Å². The molecule has 102 valence electrons. The molecular weight excluding hydrogens is 292 g/mol. The maximum absolute atomic E-state index is 12.2. The van der Waals surface area contributed by atoms with Crippen LogP contribution >= 0.6 is 22.9 Å². The molecule has 0 spiro atoms. The third-order valence-corrected chi connectivity index (χ3v) is 6.54. The fourth-order valence-corrected chi connectivity index (χ4v) is 5.10. The molecule has 0 amide bonds. The molecule has 1 aliphatic carbocycles. The van der Waals surface area contributed by atoms with E-state index in [2.05, 4.69) is 9.71 Å². The Hall–Kier alpha value is -0.170. The Kier molecular flexibility index (Phi) is 4.64. The highest BCUT2D eigenvalue weighted by molar-refractivity contribution is 7.91. The van der Waals surface area contributed by atoms with Crippen LogP contribution in [0, 0.1) is 12.8 Å². The van der Waals surface area contributed by atoms with E-state index in [-0.39, 0.29) is 12.0 Å². The van der Waals surface area contributed by atoms with Crippen molar-refractivity contribution in [1.82, 2.24) is 9.71 Å². The standard InChI is InChI=1S/C11H17ClN2O2S2/c1-8-13-7-11(17-8)18(15,16)14-10-5-3-2-4-9(10)6-12/h7,9-10,14H,2-6H2,1H3. The first kappa shape index (κ1) is 14.2. The molecule has 0 aliphatic heterocycles. The zero-order valence-corrected chi connectivity index (χ0v) is 12.6. The van der Waals surface area contributed by atoms with Crippen LogP contribution in [0.1, 0.15) is 30.7 Å². The maximum Gasteiger partial charge on any atom is 0.251 e. The highest BCUT2D eigenvalue weighted by atomic mass is 35.5. The van der Waals surface area contributed by atoms with Crippen LogP contribution < -0.4 is 4.72 Å². The highest BCUT2D eigenvalue weighted by Crippen LogP contribution is 2.27. The molecule has 2 rings (SSSR count). The molecule has 1 fully saturated rings. The van der Waals surface area contributed by atoms with Gasteiger partial charge in [0.1, 0.15) is 0 Å². The first-order valence-electron chi connectivity index (χ1n) is 6.03. The van der Waals surface area contributed by atoms with E-state index < -0.39 is 10.0 Å². The van der Waals surface area contributed by atoms with E-state index >= 15 is 0 Å². The Bertz CT molecular complexity index is 501. The summed E-state index contributed by atoms with van der Waals surface area (Å²) in [6.45, 7) is 1.80. The van der Waals surface area contributed by atoms with Crippen LogP contribution in [0.4, 0.5) is 0 Å². The second-order valence-electron chi connectivity index (χ2n) is 4.62. The summed E-state index contributed by atoms with van der Waals surface area (Å²) in [5, 5.41) is 0.757. The van der Waals surface area contributed by atoms with Gasteiger partial charge in [-0.1, -0.05) is 12.8 Å². The lowest BCUT2D eigenvalue weighted by Crippen LogP contribution is -2.42. The topological polar surface area (TPSA) is 59.1 Å². The van der Waals surface area contributed by atoms with E-state index in [1.165, 1.54) is 17.5 Å². The Labute approximate surface area is 117 Å². The number of hydrogen-bond donors (Lipinski definition) is 1. The molecule has 0 radical (unpaired) electrons. The van der Waals surface area contributed by atoms with Gasteiger partial charge in [-0.05, 0) is 25.7 Å². The van der Waals surface area contributed by atoms with Gasteiger partial charge in [0.2, 0.25) is 0 Å². The van der Waals surface area contributed by atoms with Gasteiger partial charge in [0, 0.05) is 11.9 Å². The van der Waals surface area contributed by atoms with Crippen molar-refractivity contribution < 1.29 is 8.42 Å². The van der Waals surface area contributed by atoms with Crippen molar-refractivity contribution in [3.8, 4) is 0 Å². The summed E-state index contributed by atoms with van der Waals surface area (Å²) in [5.74, 6) is 0.749. The van der Waals surface area contributed by atoms with Crippen LogP contribution in [-0.2, 0) is 10.0 Å². The van der Waals surface area contributed by atoms with Crippen molar-refractivity contribution in [3.63, 3.8) is 0 Å². The molecule has 7 heteroatoms. The molecule has 1 heterocycles. The normalized spacial score (nSPS) is 25.2. The van der Waals surface area contributed by atoms with E-state index in [1.54, 1.807) is 6.92 Å². The second-order valence-corrected chi connectivity index (χ2v) is 8.11. The quantitative estimate of drug-likeness (QED) is 0.870. The van der Waals surface area contributed by atoms with Crippen molar-refractivity contribution in [2.75, 3.05) is 5.88 Å². The number of halogens is 1. The van der Waals surface area contributed by atoms with Crippen LogP contribution in [0.25, 0.3) is 0 Å². The Morgan fingerprint density at radius 3 is 2.83 bits per heavy atom. The summed E-state index contributed by atoms with van der Waals surface area (Å²) in [6, 6.07) is -0.0383. The summed E-state index contributed by atoms with van der Waals surface area (Å²) in [7, 11) is -3.43. The van der Waals surface area contributed by atoms with Crippen LogP contribution in [0.3, 0.4) is 0 Å². The van der Waals surface area contributed by atoms with Crippen molar-refractivity contribution >= 4 is 33.0 Å². The summed E-state index contributed by atoms with van der Waals surface area (Å²) in [4.78, 5) is 3.99. The third-order valence-electron chi connectivity index (χ3n) is 3.28. The number of rotatable bonds is 4. The molecule has 1 saturated carbocycles. The molecule has 2 atom stereocenters. The van der Waals surface area contributed by atoms with Gasteiger partial charge >= 0.3 is 0 Å². The summed E-state index contributed by atoms with van der Waals surface area (Å²) in [5.41, 5.74) is 0. The summed E-state index contributed by atoms with van der Waals surface area (Å²) < 4.78 is 27.5. The first-order chi connectivity index (χ1) is 8.53. The van der Waals surface area contributed by atoms with Crippen LogP contribution in [0.5, 0.6) is 0 Å². The molecule has 0 bridgehead atoms. The van der Waals surface area contributed by atoms with Crippen molar-refractivity contribution in [2.24, 2.45) is 5.92 Å². The molecule has 0 aromatic carbocycles. The van der Waals surface area contributed by atoms with Gasteiger partial charge in [0.15, 0.2) is 4.21 Å². The number of hydrogen-bond acceptors (Lipinski definition) is 4. The molecular formula is C11H17ClN2O2S2. The second kappa shape index (κ2) is 5.86. The minimum Gasteiger partial charge on any atom is -0.249 e. The number of aromatic nitrogens is 1. The molecule has 2 unspecified atom stereocenters. The van der Waals surface area contributed by atoms with Crippen molar-refractivity contribution in [2.45, 2.75) is 42.9 Å². The lowest BCUT2D eigenvalue weighted by Gasteiger charge is -2.30. The first-order valence-corrected chi connectivity index (χ1v) is 8.87. The molecule has 1 N–H and O–H groups in total. The molecule has 1 aromatic rings. The van der Waals surface area contributed by atoms with Crippen molar-refractivity contribution in [1.29, 1.82) is 0 Å². The summed E-state index contributed by atoms with van der Waals surface area (Å²) in [6.07, 6.45) is 5.48. The SMILES string of the molecule is Cc1ncc(S(=O)(=O)NC2CCCCC2CCl)s1. The van der Waals surface area contributed by atoms with Gasteiger partial charge in [-0.3, -0.25) is 0 Å². The number of nitrogens with one attached hydrogen (secondary N) is 1. The van der Waals surface area contributed by atoms with Crippen LogP contribution in [0.2, 0.25) is 0 Å². The van der Waals surface area contributed by atoms with Crippen LogP contribution in [-0.4, -0.2) is 25.3 Å². The number of nitrogens with zero attached hydrogens (tertiary/aromatic N) is 1. The van der Waals surface area contributed by atoms with Gasteiger partial charge < -0.3 is 0 Å². The highest BCUT2D eigenvalue weighted by Gasteiger charge is 2.29. The lowest BCUT2D eigenvalue weighted by molar-refractivity contribution is 0.314. The molecule has 1 aliphatic rings. The monoisotopic (exact) mass is 308 g/mol. The Morgan fingerprint density at radius 2 is 2.22 bits per heavy atom. The smallest absolute Gasteiger partial charge is 0.249 e. The molecule has 4 nitrogen and oxygen atoms in total. The number of thiazole rings is 1. The number of sulfonamides is 1. The molecule has 0 saturated heterocycles. The van der Waals surface area contributed by atoms with Crippen LogP contribution in [0.15, 0.2) is 10.4 Å². The summed E-state index contributed by atoms with van der Waals surface area (Å²) >= 11 is 7.11. The van der Waals surface area contributed by atoms with E-state index in [4.69, 9.17) is 11.6 Å². The predicted octanol–water partition coefficient (Wildman–Crippen LogP) is 2.53. The fourth-order valence-electron chi connectivity index (χ4n) is 2.27. The molecule has 18 heavy (non-hydrogen) atoms. The third kappa shape index (κ3) is 3.23. The van der Waals surface area contributed by atoms with E-state index in [0.29, 0.717) is 10.1 Å². The predicted molar refractivity (Wildman–Crippen MR) is 73.6 cm³/mol. The largest absolute Gasteiger partial charge is 0.251 e. The van der Waals surface area contributed by atoms with Gasteiger partial charge in [-0.2, -0.15) is 0 Å². The zero-order valence-electron chi connectivity index (χ0n) is 10.2. The van der Waals surface area contributed by atoms with E-state index in [0.717, 1.165) is 30.7 Å². The van der Waals surface area contributed by atoms with Crippen molar-refractivity contribution in [3.05, 3.63) is 11.2 Å². The molecule has 1 aromatic heterocycles. The number of alkyl halides is 1.